The van der Waals surface area contributed by atoms with Crippen molar-refractivity contribution in [1.29, 1.82) is 0 Å². The van der Waals surface area contributed by atoms with Gasteiger partial charge in [0, 0.05) is 18.7 Å². The van der Waals surface area contributed by atoms with Crippen molar-refractivity contribution in [3.8, 4) is 22.8 Å². The molecule has 0 aliphatic carbocycles. The predicted octanol–water partition coefficient (Wildman–Crippen LogP) is 1.43. The summed E-state index contributed by atoms with van der Waals surface area (Å²) in [7, 11) is 1.70. The molecular formula is C15H13N5O5S. The third-order valence-corrected chi connectivity index (χ3v) is 4.48. The monoisotopic (exact) mass is 375 g/mol. The van der Waals surface area contributed by atoms with E-state index < -0.39 is 5.97 Å². The summed E-state index contributed by atoms with van der Waals surface area (Å²) in [5, 5.41) is 15.4. The summed E-state index contributed by atoms with van der Waals surface area (Å²) >= 11 is 1.19. The fourth-order valence-corrected chi connectivity index (χ4v) is 2.88. The number of carbonyl (C=O) groups is 1. The van der Waals surface area contributed by atoms with E-state index in [9.17, 15) is 4.79 Å². The Labute approximate surface area is 151 Å². The molecule has 0 spiro atoms. The maximum atomic E-state index is 11.8. The number of carbonyl (C=O) groups excluding carboxylic acids is 1. The highest BCUT2D eigenvalue weighted by Gasteiger charge is 2.16. The van der Waals surface area contributed by atoms with E-state index >= 15 is 0 Å². The van der Waals surface area contributed by atoms with Gasteiger partial charge in [0.25, 0.3) is 0 Å². The highest BCUT2D eigenvalue weighted by Crippen LogP contribution is 2.36. The Bertz CT molecular complexity index is 940. The Morgan fingerprint density at radius 2 is 2.19 bits per heavy atom. The van der Waals surface area contributed by atoms with Gasteiger partial charge in [0.1, 0.15) is 12.3 Å². The van der Waals surface area contributed by atoms with E-state index in [1.807, 2.05) is 12.1 Å². The molecule has 0 saturated carbocycles. The smallest absolute Gasteiger partial charge is 0.316 e. The number of nitrogens with zero attached hydrogens (tertiary/aromatic N) is 5. The number of tetrazole rings is 1. The van der Waals surface area contributed by atoms with Gasteiger partial charge in [0.15, 0.2) is 17.3 Å². The second-order valence-electron chi connectivity index (χ2n) is 5.28. The second-order valence-corrected chi connectivity index (χ2v) is 6.23. The van der Waals surface area contributed by atoms with Crippen LogP contribution >= 0.6 is 11.8 Å². The van der Waals surface area contributed by atoms with E-state index in [-0.39, 0.29) is 19.2 Å². The molecule has 1 aromatic carbocycles. The average molecular weight is 375 g/mol. The molecule has 0 N–H and O–H groups in total. The molecule has 1 aliphatic heterocycles. The minimum atomic E-state index is -0.398. The molecule has 0 amide bonds. The summed E-state index contributed by atoms with van der Waals surface area (Å²) < 4.78 is 22.6. The number of esters is 1. The van der Waals surface area contributed by atoms with E-state index in [1.54, 1.807) is 19.2 Å². The molecule has 0 radical (unpaired) electrons. The maximum absolute atomic E-state index is 11.8. The van der Waals surface area contributed by atoms with Crippen LogP contribution in [0.4, 0.5) is 0 Å². The number of hydrogen-bond acceptors (Lipinski definition) is 10. The number of hydrogen-bond donors (Lipinski definition) is 0. The zero-order chi connectivity index (χ0) is 17.9. The molecular weight excluding hydrogens is 362 g/mol. The largest absolute Gasteiger partial charge is 0.458 e. The molecule has 26 heavy (non-hydrogen) atoms. The average Bonchev–Trinajstić information content (AvgIpc) is 3.38. The maximum Gasteiger partial charge on any atom is 0.316 e. The van der Waals surface area contributed by atoms with Gasteiger partial charge < -0.3 is 18.7 Å². The van der Waals surface area contributed by atoms with Crippen LogP contribution in [0, 0.1) is 0 Å². The van der Waals surface area contributed by atoms with Crippen LogP contribution in [0.3, 0.4) is 0 Å². The summed E-state index contributed by atoms with van der Waals surface area (Å²) in [6.07, 6.45) is 0. The number of ether oxygens (including phenoxy) is 3. The highest BCUT2D eigenvalue weighted by atomic mass is 32.2. The van der Waals surface area contributed by atoms with Gasteiger partial charge in [-0.3, -0.25) is 4.79 Å². The van der Waals surface area contributed by atoms with Gasteiger partial charge in [-0.05, 0) is 28.6 Å². The topological polar surface area (TPSA) is 114 Å². The van der Waals surface area contributed by atoms with E-state index in [2.05, 4.69) is 20.7 Å². The van der Waals surface area contributed by atoms with Crippen LogP contribution in [0.5, 0.6) is 11.5 Å². The SMILES string of the molecule is Cn1nnnc1SCC(=O)OCc1cc(-c2ccc3c(c2)OCO3)on1. The Kier molecular flexibility index (Phi) is 4.44. The number of fused-ring (bicyclic) bond motifs is 1. The number of benzene rings is 1. The van der Waals surface area contributed by atoms with Crippen LogP contribution in [0.1, 0.15) is 5.69 Å². The lowest BCUT2D eigenvalue weighted by atomic mass is 10.1. The number of aromatic nitrogens is 5. The normalized spacial score (nSPS) is 12.3. The Morgan fingerprint density at radius 1 is 1.31 bits per heavy atom. The molecule has 0 fully saturated rings. The van der Waals surface area contributed by atoms with Crippen LogP contribution in [-0.4, -0.2) is 43.9 Å². The lowest BCUT2D eigenvalue weighted by molar-refractivity contribution is -0.141. The van der Waals surface area contributed by atoms with Gasteiger partial charge in [-0.1, -0.05) is 16.9 Å². The molecule has 0 saturated heterocycles. The quantitative estimate of drug-likeness (QED) is 0.463. The van der Waals surface area contributed by atoms with Crippen molar-refractivity contribution in [2.75, 3.05) is 12.5 Å². The third kappa shape index (κ3) is 3.47. The van der Waals surface area contributed by atoms with Gasteiger partial charge in [0.05, 0.1) is 5.75 Å². The molecule has 4 rings (SSSR count). The number of aryl methyl sites for hydroxylation is 1. The van der Waals surface area contributed by atoms with E-state index in [0.717, 1.165) is 5.56 Å². The van der Waals surface area contributed by atoms with Gasteiger partial charge in [-0.2, -0.15) is 0 Å². The summed E-state index contributed by atoms with van der Waals surface area (Å²) in [5.74, 6) is 1.60. The molecule has 2 aromatic heterocycles. The fraction of sp³-hybridized carbons (Fsp3) is 0.267. The molecule has 0 bridgehead atoms. The van der Waals surface area contributed by atoms with Crippen molar-refractivity contribution >= 4 is 17.7 Å². The van der Waals surface area contributed by atoms with Crippen molar-refractivity contribution in [1.82, 2.24) is 25.4 Å². The lowest BCUT2D eigenvalue weighted by Crippen LogP contribution is -2.08. The van der Waals surface area contributed by atoms with E-state index in [4.69, 9.17) is 18.7 Å². The van der Waals surface area contributed by atoms with Crippen molar-refractivity contribution < 1.29 is 23.5 Å². The molecule has 11 heteroatoms. The van der Waals surface area contributed by atoms with Crippen LogP contribution < -0.4 is 9.47 Å². The van der Waals surface area contributed by atoms with Crippen molar-refractivity contribution in [3.05, 3.63) is 30.0 Å². The van der Waals surface area contributed by atoms with Gasteiger partial charge >= 0.3 is 5.97 Å². The zero-order valence-corrected chi connectivity index (χ0v) is 14.4. The predicted molar refractivity (Wildman–Crippen MR) is 87.4 cm³/mol. The summed E-state index contributed by atoms with van der Waals surface area (Å²) in [4.78, 5) is 11.8. The number of rotatable bonds is 6. The van der Waals surface area contributed by atoms with Gasteiger partial charge in [-0.15, -0.1) is 5.10 Å². The van der Waals surface area contributed by atoms with Gasteiger partial charge in [-0.25, -0.2) is 4.68 Å². The minimum absolute atomic E-state index is 0.0184. The van der Waals surface area contributed by atoms with E-state index in [1.165, 1.54) is 16.4 Å². The van der Waals surface area contributed by atoms with Crippen molar-refractivity contribution in [3.63, 3.8) is 0 Å². The minimum Gasteiger partial charge on any atom is -0.458 e. The molecule has 3 heterocycles. The molecule has 0 unspecified atom stereocenters. The summed E-state index contributed by atoms with van der Waals surface area (Å²) in [6, 6.07) is 7.17. The first-order valence-corrected chi connectivity index (χ1v) is 8.54. The highest BCUT2D eigenvalue weighted by molar-refractivity contribution is 7.99. The Hall–Kier alpha value is -3.08. The van der Waals surface area contributed by atoms with Crippen molar-refractivity contribution in [2.24, 2.45) is 7.05 Å². The van der Waals surface area contributed by atoms with Crippen molar-refractivity contribution in [2.45, 2.75) is 11.8 Å². The van der Waals surface area contributed by atoms with Crippen LogP contribution in [0.2, 0.25) is 0 Å². The molecule has 1 aliphatic rings. The second kappa shape index (κ2) is 7.04. The van der Waals surface area contributed by atoms with E-state index in [0.29, 0.717) is 28.1 Å². The standard InChI is InChI=1S/C15H13N5O5S/c1-20-15(16-18-19-20)26-7-14(21)22-6-10-5-12(25-17-10)9-2-3-11-13(4-9)24-8-23-11/h2-5H,6-8H2,1H3. The molecule has 3 aromatic rings. The third-order valence-electron chi connectivity index (χ3n) is 3.50. The first-order valence-electron chi connectivity index (χ1n) is 7.55. The first kappa shape index (κ1) is 16.4. The van der Waals surface area contributed by atoms with Gasteiger partial charge in [0.2, 0.25) is 11.9 Å². The first-order chi connectivity index (χ1) is 12.7. The van der Waals surface area contributed by atoms with Crippen LogP contribution in [0.15, 0.2) is 33.9 Å². The summed E-state index contributed by atoms with van der Waals surface area (Å²) in [6.45, 7) is 0.226. The van der Waals surface area contributed by atoms with Crippen LogP contribution in [0.25, 0.3) is 11.3 Å². The fourth-order valence-electron chi connectivity index (χ4n) is 2.23. The number of thioether (sulfide) groups is 1. The Morgan fingerprint density at radius 3 is 3.04 bits per heavy atom. The van der Waals surface area contributed by atoms with Crippen LogP contribution in [-0.2, 0) is 23.2 Å². The zero-order valence-electron chi connectivity index (χ0n) is 13.6. The Balaban J connectivity index is 1.32. The molecule has 10 nitrogen and oxygen atoms in total. The lowest BCUT2D eigenvalue weighted by Gasteiger charge is -2.01. The molecule has 134 valence electrons. The molecule has 0 atom stereocenters. The summed E-state index contributed by atoms with van der Waals surface area (Å²) in [5.41, 5.74) is 1.31.